The summed E-state index contributed by atoms with van der Waals surface area (Å²) < 4.78 is 0. The first-order chi connectivity index (χ1) is 12.3. The number of benzene rings is 1. The molecule has 0 radical (unpaired) electrons. The molecule has 0 aliphatic carbocycles. The highest BCUT2D eigenvalue weighted by Gasteiger charge is 2.28. The van der Waals surface area contributed by atoms with Crippen LogP contribution in [0.1, 0.15) is 66.5 Å². The Hall–Kier alpha value is -2.74. The van der Waals surface area contributed by atoms with Gasteiger partial charge in [0.1, 0.15) is 5.69 Å². The largest absolute Gasteiger partial charge is 0.349 e. The van der Waals surface area contributed by atoms with Crippen molar-refractivity contribution >= 4 is 11.6 Å². The molecule has 8 nitrogen and oxygen atoms in total. The molecule has 1 aromatic heterocycles. The van der Waals surface area contributed by atoms with Crippen molar-refractivity contribution in [3.63, 3.8) is 0 Å². The van der Waals surface area contributed by atoms with Crippen LogP contribution in [0.4, 0.5) is 5.69 Å². The first-order valence-corrected chi connectivity index (χ1v) is 8.70. The molecule has 1 heterocycles. The number of nitro groups is 1. The Balaban J connectivity index is 2.05. The van der Waals surface area contributed by atoms with E-state index < -0.39 is 16.9 Å². The van der Waals surface area contributed by atoms with E-state index in [0.717, 1.165) is 5.56 Å². The number of carbonyl (C=O) groups excluding carboxylic acids is 1. The number of hydrogen-bond donors (Lipinski definition) is 3. The molecule has 1 unspecified atom stereocenters. The second-order valence-electron chi connectivity index (χ2n) is 6.54. The molecule has 0 aliphatic heterocycles. The van der Waals surface area contributed by atoms with Gasteiger partial charge in [-0.1, -0.05) is 51.5 Å². The molecule has 26 heavy (non-hydrogen) atoms. The molecule has 2 rings (SSSR count). The maximum Gasteiger partial charge on any atom is 0.322 e. The van der Waals surface area contributed by atoms with E-state index in [4.69, 9.17) is 5.73 Å². The molecule has 0 bridgehead atoms. The Morgan fingerprint density at radius 3 is 2.46 bits per heavy atom. The number of hydrogen-bond acceptors (Lipinski definition) is 5. The van der Waals surface area contributed by atoms with Crippen LogP contribution in [0.3, 0.4) is 0 Å². The molecule has 8 heteroatoms. The number of nitrogens with zero attached hydrogens (tertiary/aromatic N) is 2. The fourth-order valence-electron chi connectivity index (χ4n) is 2.68. The van der Waals surface area contributed by atoms with Gasteiger partial charge in [0.05, 0.1) is 4.92 Å². The number of aromatic amines is 1. The van der Waals surface area contributed by atoms with Crippen LogP contribution in [0, 0.1) is 10.1 Å². The molecule has 4 N–H and O–H groups in total. The van der Waals surface area contributed by atoms with Crippen LogP contribution >= 0.6 is 0 Å². The van der Waals surface area contributed by atoms with Gasteiger partial charge in [-0.05, 0) is 23.5 Å². The molecule has 0 fully saturated rings. The fourth-order valence-corrected chi connectivity index (χ4v) is 2.68. The topological polar surface area (TPSA) is 127 Å². The van der Waals surface area contributed by atoms with Gasteiger partial charge in [0.2, 0.25) is 5.69 Å². The Labute approximate surface area is 152 Å². The lowest BCUT2D eigenvalue weighted by Gasteiger charge is -2.14. The van der Waals surface area contributed by atoms with Crippen molar-refractivity contribution in [1.29, 1.82) is 0 Å². The van der Waals surface area contributed by atoms with Crippen molar-refractivity contribution < 1.29 is 9.72 Å². The van der Waals surface area contributed by atoms with E-state index in [1.54, 1.807) is 0 Å². The number of rotatable bonds is 8. The third kappa shape index (κ3) is 4.45. The molecular weight excluding hydrogens is 334 g/mol. The van der Waals surface area contributed by atoms with Crippen LogP contribution in [-0.2, 0) is 6.42 Å². The zero-order valence-corrected chi connectivity index (χ0v) is 15.3. The smallest absolute Gasteiger partial charge is 0.322 e. The quantitative estimate of drug-likeness (QED) is 0.493. The highest BCUT2D eigenvalue weighted by atomic mass is 16.6. The Bertz CT molecular complexity index is 768. The monoisotopic (exact) mass is 359 g/mol. The zero-order chi connectivity index (χ0) is 19.3. The van der Waals surface area contributed by atoms with Crippen LogP contribution in [0.25, 0.3) is 0 Å². The third-order valence-electron chi connectivity index (χ3n) is 4.22. The van der Waals surface area contributed by atoms with Crippen LogP contribution in [-0.4, -0.2) is 27.6 Å². The molecule has 1 aromatic carbocycles. The summed E-state index contributed by atoms with van der Waals surface area (Å²) in [7, 11) is 0. The standard InChI is InChI=1S/C18H25N5O3/c1-4-5-15-17(23(25)26)16(22-21-15)18(24)20-10-14(19)13-8-6-12(7-9-13)11(2)3/h6-9,11,14H,4-5,10,19H2,1-3H3,(H,20,24)(H,21,22). The lowest BCUT2D eigenvalue weighted by molar-refractivity contribution is -0.385. The van der Waals surface area contributed by atoms with Gasteiger partial charge in [0, 0.05) is 12.6 Å². The summed E-state index contributed by atoms with van der Waals surface area (Å²) in [5, 5.41) is 20.3. The van der Waals surface area contributed by atoms with Gasteiger partial charge in [-0.25, -0.2) is 0 Å². The zero-order valence-electron chi connectivity index (χ0n) is 15.3. The minimum atomic E-state index is -0.607. The average molecular weight is 359 g/mol. The summed E-state index contributed by atoms with van der Waals surface area (Å²) in [6.07, 6.45) is 1.17. The van der Waals surface area contributed by atoms with E-state index in [1.807, 2.05) is 31.2 Å². The lowest BCUT2D eigenvalue weighted by Crippen LogP contribution is -2.32. The molecule has 0 saturated heterocycles. The minimum Gasteiger partial charge on any atom is -0.349 e. The van der Waals surface area contributed by atoms with Gasteiger partial charge >= 0.3 is 5.69 Å². The van der Waals surface area contributed by atoms with Gasteiger partial charge < -0.3 is 11.1 Å². The third-order valence-corrected chi connectivity index (χ3v) is 4.22. The van der Waals surface area contributed by atoms with Crippen LogP contribution in [0.5, 0.6) is 0 Å². The van der Waals surface area contributed by atoms with E-state index in [2.05, 4.69) is 29.4 Å². The summed E-state index contributed by atoms with van der Waals surface area (Å²) in [6.45, 7) is 6.28. The van der Waals surface area contributed by atoms with Crippen molar-refractivity contribution in [3.05, 3.63) is 56.9 Å². The highest BCUT2D eigenvalue weighted by molar-refractivity contribution is 5.96. The van der Waals surface area contributed by atoms with E-state index in [0.29, 0.717) is 24.5 Å². The summed E-state index contributed by atoms with van der Waals surface area (Å²) >= 11 is 0. The van der Waals surface area contributed by atoms with Crippen molar-refractivity contribution in [2.45, 2.75) is 45.6 Å². The van der Waals surface area contributed by atoms with Gasteiger partial charge in [-0.15, -0.1) is 0 Å². The minimum absolute atomic E-state index is 0.160. The normalized spacial score (nSPS) is 12.2. The van der Waals surface area contributed by atoms with Crippen molar-refractivity contribution in [1.82, 2.24) is 15.5 Å². The highest BCUT2D eigenvalue weighted by Crippen LogP contribution is 2.22. The summed E-state index contributed by atoms with van der Waals surface area (Å²) in [5.74, 6) is -0.179. The van der Waals surface area contributed by atoms with Gasteiger partial charge in [-0.3, -0.25) is 20.0 Å². The molecule has 2 aromatic rings. The van der Waals surface area contributed by atoms with Crippen molar-refractivity contribution in [2.24, 2.45) is 5.73 Å². The van der Waals surface area contributed by atoms with E-state index in [9.17, 15) is 14.9 Å². The second-order valence-corrected chi connectivity index (χ2v) is 6.54. The number of carbonyl (C=O) groups is 1. The molecule has 140 valence electrons. The Kier molecular flexibility index (Phi) is 6.46. The molecular formula is C18H25N5O3. The number of nitrogens with two attached hydrogens (primary N) is 1. The second kappa shape index (κ2) is 8.57. The summed E-state index contributed by atoms with van der Waals surface area (Å²) in [4.78, 5) is 23.0. The SMILES string of the molecule is CCCc1[nH]nc(C(=O)NCC(N)c2ccc(C(C)C)cc2)c1[N+](=O)[O-]. The lowest BCUT2D eigenvalue weighted by atomic mass is 9.99. The van der Waals surface area contributed by atoms with Gasteiger partial charge in [0.15, 0.2) is 0 Å². The van der Waals surface area contributed by atoms with E-state index in [1.165, 1.54) is 5.56 Å². The maximum atomic E-state index is 12.3. The van der Waals surface area contributed by atoms with E-state index in [-0.39, 0.29) is 17.9 Å². The molecule has 0 aliphatic rings. The summed E-state index contributed by atoms with van der Waals surface area (Å²) in [6, 6.07) is 7.48. The fraction of sp³-hybridized carbons (Fsp3) is 0.444. The Morgan fingerprint density at radius 1 is 1.31 bits per heavy atom. The average Bonchev–Trinajstić information content (AvgIpc) is 3.04. The molecule has 0 spiro atoms. The Morgan fingerprint density at radius 2 is 1.92 bits per heavy atom. The number of nitrogens with one attached hydrogen (secondary N) is 2. The first-order valence-electron chi connectivity index (χ1n) is 8.70. The number of aromatic nitrogens is 2. The van der Waals surface area contributed by atoms with Crippen LogP contribution in [0.15, 0.2) is 24.3 Å². The molecule has 1 amide bonds. The summed E-state index contributed by atoms with van der Waals surface area (Å²) in [5.41, 5.74) is 8.10. The first kappa shape index (κ1) is 19.6. The molecule has 0 saturated carbocycles. The van der Waals surface area contributed by atoms with Crippen LogP contribution < -0.4 is 11.1 Å². The van der Waals surface area contributed by atoms with Crippen LogP contribution in [0.2, 0.25) is 0 Å². The molecule has 1 atom stereocenters. The number of amides is 1. The van der Waals surface area contributed by atoms with Gasteiger partial charge in [0.25, 0.3) is 5.91 Å². The van der Waals surface area contributed by atoms with Crippen molar-refractivity contribution in [2.75, 3.05) is 6.54 Å². The predicted octanol–water partition coefficient (Wildman–Crippen LogP) is 2.82. The van der Waals surface area contributed by atoms with Crippen molar-refractivity contribution in [3.8, 4) is 0 Å². The maximum absolute atomic E-state index is 12.3. The predicted molar refractivity (Wildman–Crippen MR) is 99.0 cm³/mol. The van der Waals surface area contributed by atoms with Gasteiger partial charge in [-0.2, -0.15) is 5.10 Å². The number of H-pyrrole nitrogens is 1. The number of aryl methyl sites for hydroxylation is 1. The van der Waals surface area contributed by atoms with E-state index >= 15 is 0 Å².